The molecule has 84 valence electrons. The van der Waals surface area contributed by atoms with E-state index in [0.29, 0.717) is 11.3 Å². The molecule has 0 N–H and O–H groups in total. The highest BCUT2D eigenvalue weighted by Crippen LogP contribution is 2.25. The topological polar surface area (TPSA) is 33.0 Å². The maximum atomic E-state index is 9.01. The molecule has 0 radical (unpaired) electrons. The molecule has 0 spiro atoms. The minimum Gasteiger partial charge on any atom is -0.495 e. The van der Waals surface area contributed by atoms with Gasteiger partial charge in [0.05, 0.1) is 12.7 Å². The number of ether oxygens (including phenoxy) is 1. The van der Waals surface area contributed by atoms with Crippen LogP contribution < -0.4 is 4.74 Å². The summed E-state index contributed by atoms with van der Waals surface area (Å²) in [6.45, 7) is 0. The summed E-state index contributed by atoms with van der Waals surface area (Å²) in [5.41, 5.74) is 2.83. The highest BCUT2D eigenvalue weighted by molar-refractivity contribution is 5.49. The van der Waals surface area contributed by atoms with Gasteiger partial charge in [0.2, 0.25) is 0 Å². The van der Waals surface area contributed by atoms with Crippen LogP contribution in [-0.2, 0) is 6.42 Å². The smallest absolute Gasteiger partial charge is 0.140 e. The molecule has 0 bridgehead atoms. The Morgan fingerprint density at radius 1 is 1.06 bits per heavy atom. The van der Waals surface area contributed by atoms with Crippen LogP contribution in [0.5, 0.6) is 5.75 Å². The van der Waals surface area contributed by atoms with E-state index in [4.69, 9.17) is 10.00 Å². The first-order chi connectivity index (χ1) is 8.35. The number of para-hydroxylation sites is 1. The van der Waals surface area contributed by atoms with Crippen molar-refractivity contribution < 1.29 is 4.74 Å². The number of nitriles is 1. The van der Waals surface area contributed by atoms with E-state index in [0.717, 1.165) is 12.0 Å². The first-order valence-corrected chi connectivity index (χ1v) is 5.45. The van der Waals surface area contributed by atoms with Gasteiger partial charge in [0.25, 0.3) is 0 Å². The molecule has 0 aliphatic carbocycles. The number of rotatable bonds is 3. The largest absolute Gasteiger partial charge is 0.495 e. The van der Waals surface area contributed by atoms with Crippen LogP contribution in [-0.4, -0.2) is 7.11 Å². The summed E-state index contributed by atoms with van der Waals surface area (Å²) in [6.07, 6.45) is 0.777. The number of nitrogens with zero attached hydrogens (tertiary/aromatic N) is 1. The molecule has 2 aromatic carbocycles. The van der Waals surface area contributed by atoms with E-state index in [1.165, 1.54) is 5.56 Å². The van der Waals surface area contributed by atoms with Crippen molar-refractivity contribution in [3.63, 3.8) is 0 Å². The molecule has 2 nitrogen and oxygen atoms in total. The van der Waals surface area contributed by atoms with Crippen molar-refractivity contribution in [2.75, 3.05) is 7.11 Å². The Bertz CT molecular complexity index is 541. The molecular formula is C15H13NO. The summed E-state index contributed by atoms with van der Waals surface area (Å²) in [7, 11) is 1.60. The van der Waals surface area contributed by atoms with E-state index >= 15 is 0 Å². The molecule has 0 unspecified atom stereocenters. The third-order valence-electron chi connectivity index (χ3n) is 2.66. The van der Waals surface area contributed by atoms with Crippen molar-refractivity contribution in [2.45, 2.75) is 6.42 Å². The van der Waals surface area contributed by atoms with Crippen LogP contribution in [0.1, 0.15) is 16.7 Å². The third kappa shape index (κ3) is 2.46. The Hall–Kier alpha value is -2.27. The van der Waals surface area contributed by atoms with E-state index in [2.05, 4.69) is 18.2 Å². The van der Waals surface area contributed by atoms with E-state index in [1.807, 2.05) is 30.3 Å². The number of hydrogen-bond acceptors (Lipinski definition) is 2. The summed E-state index contributed by atoms with van der Waals surface area (Å²) in [4.78, 5) is 0. The molecule has 0 fully saturated rings. The predicted molar refractivity (Wildman–Crippen MR) is 67.0 cm³/mol. The molecule has 0 heterocycles. The Labute approximate surface area is 101 Å². The van der Waals surface area contributed by atoms with Crippen LogP contribution in [0, 0.1) is 11.3 Å². The molecule has 0 atom stereocenters. The van der Waals surface area contributed by atoms with Gasteiger partial charge >= 0.3 is 0 Å². The highest BCUT2D eigenvalue weighted by atomic mass is 16.5. The third-order valence-corrected chi connectivity index (χ3v) is 2.66. The molecule has 0 aliphatic heterocycles. The van der Waals surface area contributed by atoms with Crippen molar-refractivity contribution in [3.05, 3.63) is 65.2 Å². The summed E-state index contributed by atoms with van der Waals surface area (Å²) < 4.78 is 5.32. The second-order valence-electron chi connectivity index (χ2n) is 3.77. The fourth-order valence-electron chi connectivity index (χ4n) is 1.87. The van der Waals surface area contributed by atoms with Gasteiger partial charge in [-0.25, -0.2) is 0 Å². The Morgan fingerprint density at radius 3 is 2.47 bits per heavy atom. The molecule has 0 amide bonds. The average molecular weight is 223 g/mol. The van der Waals surface area contributed by atoms with Gasteiger partial charge in [0, 0.05) is 6.42 Å². The highest BCUT2D eigenvalue weighted by Gasteiger charge is 2.08. The molecular weight excluding hydrogens is 210 g/mol. The lowest BCUT2D eigenvalue weighted by Crippen LogP contribution is -1.96. The second-order valence-corrected chi connectivity index (χ2v) is 3.77. The lowest BCUT2D eigenvalue weighted by molar-refractivity contribution is 0.409. The Morgan fingerprint density at radius 2 is 1.82 bits per heavy atom. The fourth-order valence-corrected chi connectivity index (χ4v) is 1.87. The standard InChI is InChI=1S/C15H13NO/c1-17-15-13(8-5-9-14(15)11-16)10-12-6-3-2-4-7-12/h2-9H,10H2,1H3. The lowest BCUT2D eigenvalue weighted by atomic mass is 10.0. The monoisotopic (exact) mass is 223 g/mol. The molecule has 0 aliphatic rings. The van der Waals surface area contributed by atoms with E-state index < -0.39 is 0 Å². The van der Waals surface area contributed by atoms with Crippen LogP contribution in [0.2, 0.25) is 0 Å². The molecule has 2 heteroatoms. The molecule has 17 heavy (non-hydrogen) atoms. The van der Waals surface area contributed by atoms with Crippen LogP contribution >= 0.6 is 0 Å². The fraction of sp³-hybridized carbons (Fsp3) is 0.133. The van der Waals surface area contributed by atoms with Gasteiger partial charge < -0.3 is 4.74 Å². The summed E-state index contributed by atoms with van der Waals surface area (Å²) in [5.74, 6) is 0.679. The minimum absolute atomic E-state index is 0.584. The molecule has 0 saturated carbocycles. The minimum atomic E-state index is 0.584. The first-order valence-electron chi connectivity index (χ1n) is 5.45. The van der Waals surface area contributed by atoms with Gasteiger partial charge in [0.1, 0.15) is 11.8 Å². The zero-order chi connectivity index (χ0) is 12.1. The SMILES string of the molecule is COc1c(C#N)cccc1Cc1ccccc1. The number of methoxy groups -OCH3 is 1. The van der Waals surface area contributed by atoms with Crippen molar-refractivity contribution in [1.82, 2.24) is 0 Å². The van der Waals surface area contributed by atoms with Gasteiger partial charge in [0.15, 0.2) is 0 Å². The zero-order valence-corrected chi connectivity index (χ0v) is 9.68. The first kappa shape index (κ1) is 11.2. The van der Waals surface area contributed by atoms with Gasteiger partial charge in [-0.3, -0.25) is 0 Å². The van der Waals surface area contributed by atoms with Gasteiger partial charge in [-0.15, -0.1) is 0 Å². The van der Waals surface area contributed by atoms with Gasteiger partial charge in [-0.2, -0.15) is 5.26 Å². The maximum Gasteiger partial charge on any atom is 0.140 e. The van der Waals surface area contributed by atoms with Crippen LogP contribution in [0.25, 0.3) is 0 Å². The molecule has 0 saturated heterocycles. The predicted octanol–water partition coefficient (Wildman–Crippen LogP) is 3.16. The Balaban J connectivity index is 2.37. The quantitative estimate of drug-likeness (QED) is 0.800. The summed E-state index contributed by atoms with van der Waals surface area (Å²) in [6, 6.07) is 17.9. The lowest BCUT2D eigenvalue weighted by Gasteiger charge is -2.09. The zero-order valence-electron chi connectivity index (χ0n) is 9.68. The van der Waals surface area contributed by atoms with Crippen molar-refractivity contribution in [2.24, 2.45) is 0 Å². The van der Waals surface area contributed by atoms with Crippen LogP contribution in [0.15, 0.2) is 48.5 Å². The van der Waals surface area contributed by atoms with Crippen molar-refractivity contribution >= 4 is 0 Å². The summed E-state index contributed by atoms with van der Waals surface area (Å²) in [5, 5.41) is 9.01. The molecule has 0 aromatic heterocycles. The van der Waals surface area contributed by atoms with E-state index in [9.17, 15) is 0 Å². The molecule has 2 aromatic rings. The second kappa shape index (κ2) is 5.18. The molecule has 2 rings (SSSR count). The van der Waals surface area contributed by atoms with E-state index in [-0.39, 0.29) is 0 Å². The van der Waals surface area contributed by atoms with Crippen LogP contribution in [0.3, 0.4) is 0 Å². The van der Waals surface area contributed by atoms with Gasteiger partial charge in [-0.05, 0) is 17.2 Å². The normalized spacial score (nSPS) is 9.65. The van der Waals surface area contributed by atoms with Crippen molar-refractivity contribution in [3.8, 4) is 11.8 Å². The summed E-state index contributed by atoms with van der Waals surface area (Å²) >= 11 is 0. The number of benzene rings is 2. The van der Waals surface area contributed by atoms with Crippen molar-refractivity contribution in [1.29, 1.82) is 5.26 Å². The Kier molecular flexibility index (Phi) is 3.42. The van der Waals surface area contributed by atoms with Gasteiger partial charge in [-0.1, -0.05) is 42.5 Å². The maximum absolute atomic E-state index is 9.01. The van der Waals surface area contributed by atoms with E-state index in [1.54, 1.807) is 13.2 Å². The average Bonchev–Trinajstić information content (AvgIpc) is 2.39. The van der Waals surface area contributed by atoms with Crippen LogP contribution in [0.4, 0.5) is 0 Å². The number of hydrogen-bond donors (Lipinski definition) is 0.